The number of para-hydroxylation sites is 1. The molecule has 0 fully saturated rings. The van der Waals surface area contributed by atoms with Gasteiger partial charge in [-0.3, -0.25) is 4.79 Å². The first-order valence-electron chi connectivity index (χ1n) is 6.64. The van der Waals surface area contributed by atoms with Gasteiger partial charge in [0.2, 0.25) is 0 Å². The van der Waals surface area contributed by atoms with Crippen LogP contribution < -0.4 is 16.0 Å². The Kier molecular flexibility index (Phi) is 4.53. The molecule has 0 saturated heterocycles. The van der Waals surface area contributed by atoms with Gasteiger partial charge in [-0.05, 0) is 24.6 Å². The maximum atomic E-state index is 11.9. The van der Waals surface area contributed by atoms with Crippen LogP contribution in [0.3, 0.4) is 0 Å². The number of aromatic nitrogens is 2. The lowest BCUT2D eigenvalue weighted by molar-refractivity contribution is 0.414. The second kappa shape index (κ2) is 6.34. The molecule has 1 unspecified atom stereocenters. The van der Waals surface area contributed by atoms with Gasteiger partial charge in [0.05, 0.1) is 18.8 Å². The van der Waals surface area contributed by atoms with E-state index < -0.39 is 0 Å². The molecular weight excluding hydrogens is 254 g/mol. The van der Waals surface area contributed by atoms with E-state index in [4.69, 9.17) is 10.5 Å². The van der Waals surface area contributed by atoms with Crippen LogP contribution in [0.1, 0.15) is 19.4 Å². The molecule has 0 saturated carbocycles. The van der Waals surface area contributed by atoms with Crippen LogP contribution in [0.25, 0.3) is 11.3 Å². The van der Waals surface area contributed by atoms with Crippen LogP contribution >= 0.6 is 0 Å². The number of benzene rings is 1. The van der Waals surface area contributed by atoms with Crippen LogP contribution in [0, 0.1) is 0 Å². The van der Waals surface area contributed by atoms with Crippen molar-refractivity contribution in [3.05, 3.63) is 46.8 Å². The standard InChI is InChI=1S/C15H19N3O2/c1-3-11(10-16)18-15(19)9-8-13(17-18)12-6-4-5-7-14(12)20-2/h4-9,11H,3,10,16H2,1-2H3. The first-order valence-corrected chi connectivity index (χ1v) is 6.64. The summed E-state index contributed by atoms with van der Waals surface area (Å²) in [6.07, 6.45) is 0.763. The lowest BCUT2D eigenvalue weighted by atomic mass is 10.1. The Morgan fingerprint density at radius 3 is 2.70 bits per heavy atom. The van der Waals surface area contributed by atoms with Gasteiger partial charge in [-0.2, -0.15) is 5.10 Å². The second-order valence-electron chi connectivity index (χ2n) is 4.50. The van der Waals surface area contributed by atoms with E-state index in [0.29, 0.717) is 12.2 Å². The maximum absolute atomic E-state index is 11.9. The normalized spacial score (nSPS) is 12.2. The second-order valence-corrected chi connectivity index (χ2v) is 4.50. The topological polar surface area (TPSA) is 70.1 Å². The summed E-state index contributed by atoms with van der Waals surface area (Å²) < 4.78 is 6.79. The quantitative estimate of drug-likeness (QED) is 0.902. The van der Waals surface area contributed by atoms with Crippen molar-refractivity contribution >= 4 is 0 Å². The summed E-state index contributed by atoms with van der Waals surface area (Å²) in [6.45, 7) is 2.38. The van der Waals surface area contributed by atoms with Gasteiger partial charge in [-0.1, -0.05) is 19.1 Å². The van der Waals surface area contributed by atoms with Crippen molar-refractivity contribution in [1.29, 1.82) is 0 Å². The summed E-state index contributed by atoms with van der Waals surface area (Å²) in [6, 6.07) is 10.7. The Bertz CT molecular complexity index is 633. The third-order valence-electron chi connectivity index (χ3n) is 3.30. The molecule has 1 heterocycles. The van der Waals surface area contributed by atoms with Crippen molar-refractivity contribution in [2.45, 2.75) is 19.4 Å². The number of ether oxygens (including phenoxy) is 1. The van der Waals surface area contributed by atoms with Crippen LogP contribution in [-0.4, -0.2) is 23.4 Å². The summed E-state index contributed by atoms with van der Waals surface area (Å²) in [5, 5.41) is 4.44. The Labute approximate surface area is 118 Å². The van der Waals surface area contributed by atoms with E-state index in [1.807, 2.05) is 31.2 Å². The minimum atomic E-state index is -0.138. The fourth-order valence-corrected chi connectivity index (χ4v) is 2.13. The molecule has 20 heavy (non-hydrogen) atoms. The van der Waals surface area contributed by atoms with Gasteiger partial charge in [0.15, 0.2) is 0 Å². The number of methoxy groups -OCH3 is 1. The molecule has 106 valence electrons. The summed E-state index contributed by atoms with van der Waals surface area (Å²) in [5.74, 6) is 0.728. The molecule has 5 nitrogen and oxygen atoms in total. The third kappa shape index (κ3) is 2.72. The monoisotopic (exact) mass is 273 g/mol. The van der Waals surface area contributed by atoms with E-state index in [1.165, 1.54) is 10.7 Å². The Morgan fingerprint density at radius 2 is 2.05 bits per heavy atom. The molecule has 2 N–H and O–H groups in total. The van der Waals surface area contributed by atoms with Crippen LogP contribution in [0.4, 0.5) is 0 Å². The highest BCUT2D eigenvalue weighted by Crippen LogP contribution is 2.27. The number of hydrogen-bond acceptors (Lipinski definition) is 4. The minimum absolute atomic E-state index is 0.0860. The first-order chi connectivity index (χ1) is 9.71. The van der Waals surface area contributed by atoms with Crippen LogP contribution in [-0.2, 0) is 0 Å². The lowest BCUT2D eigenvalue weighted by Gasteiger charge is -2.16. The molecule has 1 aromatic carbocycles. The molecule has 2 rings (SSSR count). The summed E-state index contributed by atoms with van der Waals surface area (Å²) in [4.78, 5) is 11.9. The molecule has 1 atom stereocenters. The highest BCUT2D eigenvalue weighted by atomic mass is 16.5. The number of rotatable bonds is 5. The summed E-state index contributed by atoms with van der Waals surface area (Å²) >= 11 is 0. The zero-order chi connectivity index (χ0) is 14.5. The van der Waals surface area contributed by atoms with Crippen molar-refractivity contribution < 1.29 is 4.74 Å². The van der Waals surface area contributed by atoms with Crippen LogP contribution in [0.2, 0.25) is 0 Å². The Morgan fingerprint density at radius 1 is 1.30 bits per heavy atom. The Hall–Kier alpha value is -2.14. The van der Waals surface area contributed by atoms with E-state index >= 15 is 0 Å². The fourth-order valence-electron chi connectivity index (χ4n) is 2.13. The summed E-state index contributed by atoms with van der Waals surface area (Å²) in [5.41, 5.74) is 7.13. The van der Waals surface area contributed by atoms with Gasteiger partial charge >= 0.3 is 0 Å². The van der Waals surface area contributed by atoms with E-state index in [0.717, 1.165) is 17.7 Å². The van der Waals surface area contributed by atoms with Gasteiger partial charge in [0.1, 0.15) is 5.75 Å². The van der Waals surface area contributed by atoms with Gasteiger partial charge in [0.25, 0.3) is 5.56 Å². The van der Waals surface area contributed by atoms with Crippen molar-refractivity contribution in [1.82, 2.24) is 9.78 Å². The number of nitrogens with two attached hydrogens (primary N) is 1. The van der Waals surface area contributed by atoms with Crippen molar-refractivity contribution in [2.24, 2.45) is 5.73 Å². The predicted octanol–water partition coefficient (Wildman–Crippen LogP) is 1.83. The molecule has 0 bridgehead atoms. The zero-order valence-corrected chi connectivity index (χ0v) is 11.7. The average molecular weight is 273 g/mol. The molecule has 1 aromatic heterocycles. The molecule has 0 amide bonds. The largest absolute Gasteiger partial charge is 0.496 e. The fraction of sp³-hybridized carbons (Fsp3) is 0.333. The average Bonchev–Trinajstić information content (AvgIpc) is 2.50. The molecule has 0 spiro atoms. The molecule has 0 radical (unpaired) electrons. The molecular formula is C15H19N3O2. The summed E-state index contributed by atoms with van der Waals surface area (Å²) in [7, 11) is 1.61. The lowest BCUT2D eigenvalue weighted by Crippen LogP contribution is -2.31. The highest BCUT2D eigenvalue weighted by molar-refractivity contribution is 5.66. The zero-order valence-electron chi connectivity index (χ0n) is 11.7. The van der Waals surface area contributed by atoms with E-state index in [2.05, 4.69) is 5.10 Å². The minimum Gasteiger partial charge on any atom is -0.496 e. The van der Waals surface area contributed by atoms with Gasteiger partial charge < -0.3 is 10.5 Å². The Balaban J connectivity index is 2.54. The highest BCUT2D eigenvalue weighted by Gasteiger charge is 2.13. The third-order valence-corrected chi connectivity index (χ3v) is 3.30. The van der Waals surface area contributed by atoms with Gasteiger partial charge in [0, 0.05) is 18.2 Å². The SMILES string of the molecule is CCC(CN)n1nc(-c2ccccc2OC)ccc1=O. The molecule has 2 aromatic rings. The van der Waals surface area contributed by atoms with Crippen LogP contribution in [0.5, 0.6) is 5.75 Å². The van der Waals surface area contributed by atoms with E-state index in [-0.39, 0.29) is 11.6 Å². The number of nitrogens with zero attached hydrogens (tertiary/aromatic N) is 2. The van der Waals surface area contributed by atoms with Gasteiger partial charge in [-0.15, -0.1) is 0 Å². The molecule has 5 heteroatoms. The smallest absolute Gasteiger partial charge is 0.267 e. The maximum Gasteiger partial charge on any atom is 0.267 e. The molecule has 0 aliphatic rings. The van der Waals surface area contributed by atoms with Crippen LogP contribution in [0.15, 0.2) is 41.2 Å². The van der Waals surface area contributed by atoms with Gasteiger partial charge in [-0.25, -0.2) is 4.68 Å². The van der Waals surface area contributed by atoms with E-state index in [1.54, 1.807) is 13.2 Å². The predicted molar refractivity (Wildman–Crippen MR) is 78.9 cm³/mol. The van der Waals surface area contributed by atoms with Crippen molar-refractivity contribution in [2.75, 3.05) is 13.7 Å². The van der Waals surface area contributed by atoms with E-state index in [9.17, 15) is 4.79 Å². The molecule has 0 aliphatic carbocycles. The van der Waals surface area contributed by atoms with Crippen molar-refractivity contribution in [3.8, 4) is 17.0 Å². The first kappa shape index (κ1) is 14.3. The molecule has 0 aliphatic heterocycles. The number of hydrogen-bond donors (Lipinski definition) is 1. The van der Waals surface area contributed by atoms with Crippen molar-refractivity contribution in [3.63, 3.8) is 0 Å².